The fourth-order valence-electron chi connectivity index (χ4n) is 0.300. The van der Waals surface area contributed by atoms with E-state index in [4.69, 9.17) is 5.11 Å². The molecule has 0 heterocycles. The topological polar surface area (TPSA) is 37.3 Å². The van der Waals surface area contributed by atoms with Crippen LogP contribution in [0.3, 0.4) is 0 Å². The largest absolute Gasteiger partial charge is 0.391 e. The molecule has 0 saturated carbocycles. The smallest absolute Gasteiger partial charge is 0.195 e. The number of aliphatic hydroxyl groups excluding tert-OH is 1. The first-order valence-corrected chi connectivity index (χ1v) is 6.90. The molecule has 0 aromatic carbocycles. The Morgan fingerprint density at radius 1 is 1.50 bits per heavy atom. The highest BCUT2D eigenvalue weighted by molar-refractivity contribution is 14.2. The zero-order chi connectivity index (χ0) is 10.2. The first kappa shape index (κ1) is 15.2. The number of nitrogens with zero attached hydrogens (tertiary/aromatic N) is 1. The van der Waals surface area contributed by atoms with Crippen molar-refractivity contribution in [1.82, 2.24) is 0 Å². The van der Waals surface area contributed by atoms with Crippen LogP contribution in [0.15, 0.2) is 0 Å². The van der Waals surface area contributed by atoms with Crippen LogP contribution in [0.5, 0.6) is 0 Å². The summed E-state index contributed by atoms with van der Waals surface area (Å²) in [5.41, 5.74) is 0. The van der Waals surface area contributed by atoms with E-state index in [1.807, 2.05) is 21.2 Å². The molecule has 0 aromatic rings. The normalized spacial score (nSPS) is 10.2. The molecule has 0 atom stereocenters. The van der Waals surface area contributed by atoms with Crippen molar-refractivity contribution >= 4 is 35.3 Å². The summed E-state index contributed by atoms with van der Waals surface area (Å²) in [6.45, 7) is 2.65. The number of carbonyl (C=O) groups is 1. The first-order valence-electron chi connectivity index (χ1n) is 3.54. The second kappa shape index (κ2) is 8.28. The minimum absolute atomic E-state index is 0.158. The molecule has 0 bridgehead atoms. The van der Waals surface area contributed by atoms with Crippen molar-refractivity contribution in [2.24, 2.45) is 0 Å². The summed E-state index contributed by atoms with van der Waals surface area (Å²) in [4.78, 5) is 9.77. The molecule has 5 heteroatoms. The maximum atomic E-state index is 9.77. The molecule has 0 radical (unpaired) electrons. The fraction of sp³-hybridized carbons (Fsp3) is 0.857. The molecule has 0 unspecified atom stereocenters. The van der Waals surface area contributed by atoms with Crippen molar-refractivity contribution in [3.8, 4) is 0 Å². The molecule has 0 aliphatic heterocycles. The van der Waals surface area contributed by atoms with Gasteiger partial charge >= 0.3 is 0 Å². The molecular formula is C7H17INO2S+. The summed E-state index contributed by atoms with van der Waals surface area (Å²) in [6, 6.07) is 0. The minimum Gasteiger partial charge on any atom is -0.391 e. The molecule has 3 nitrogen and oxygen atoms in total. The van der Waals surface area contributed by atoms with Gasteiger partial charge in [-0.05, 0) is 8.93 Å². The van der Waals surface area contributed by atoms with Crippen molar-refractivity contribution in [2.75, 3.05) is 34.3 Å². The predicted octanol–water partition coefficient (Wildman–Crippen LogP) is 1.30. The number of likely N-dealkylation sites (N-methyl/N-ethyl adjacent to an activating group) is 1. The van der Waals surface area contributed by atoms with Gasteiger partial charge in [-0.25, -0.2) is 0 Å². The average molecular weight is 306 g/mol. The van der Waals surface area contributed by atoms with Crippen LogP contribution in [0, 0.1) is 0 Å². The van der Waals surface area contributed by atoms with Crippen LogP contribution < -0.4 is 0 Å². The summed E-state index contributed by atoms with van der Waals surface area (Å²) in [7, 11) is 7.37. The number of quaternary nitrogens is 1. The highest BCUT2D eigenvalue weighted by atomic mass is 127. The zero-order valence-electron chi connectivity index (χ0n) is 8.00. The van der Waals surface area contributed by atoms with Crippen LogP contribution in [0.4, 0.5) is 0 Å². The fourth-order valence-corrected chi connectivity index (χ4v) is 0.300. The van der Waals surface area contributed by atoms with E-state index in [9.17, 15) is 4.79 Å². The summed E-state index contributed by atoms with van der Waals surface area (Å²) < 4.78 is 0.844. The van der Waals surface area contributed by atoms with Gasteiger partial charge in [-0.2, -0.15) is 0 Å². The van der Waals surface area contributed by atoms with Crippen LogP contribution in [0.2, 0.25) is 0 Å². The third-order valence-electron chi connectivity index (χ3n) is 0.879. The number of rotatable bonds is 2. The Morgan fingerprint density at radius 2 is 1.83 bits per heavy atom. The van der Waals surface area contributed by atoms with Gasteiger partial charge < -0.3 is 9.59 Å². The number of aliphatic hydroxyl groups is 1. The molecule has 0 amide bonds. The quantitative estimate of drug-likeness (QED) is 0.617. The van der Waals surface area contributed by atoms with Gasteiger partial charge in [-0.3, -0.25) is 4.79 Å². The standard InChI is InChI=1S/C5H14NO.C2H3IOS/c1-6(2,3)4-5-7;1-2(4)5-3/h7H,4-5H2,1-3H3;1H3/q+1;. The van der Waals surface area contributed by atoms with Gasteiger partial charge in [-0.1, -0.05) is 0 Å². The van der Waals surface area contributed by atoms with Crippen molar-refractivity contribution in [3.05, 3.63) is 0 Å². The van der Waals surface area contributed by atoms with E-state index in [1.54, 1.807) is 0 Å². The average Bonchev–Trinajstić information content (AvgIpc) is 1.86. The van der Waals surface area contributed by atoms with Crippen molar-refractivity contribution in [3.63, 3.8) is 0 Å². The lowest BCUT2D eigenvalue weighted by molar-refractivity contribution is -0.870. The van der Waals surface area contributed by atoms with E-state index in [-0.39, 0.29) is 11.7 Å². The molecule has 12 heavy (non-hydrogen) atoms. The van der Waals surface area contributed by atoms with E-state index in [1.165, 1.54) is 15.9 Å². The maximum Gasteiger partial charge on any atom is 0.195 e. The summed E-state index contributed by atoms with van der Waals surface area (Å²) in [5.74, 6) is 0. The summed E-state index contributed by atoms with van der Waals surface area (Å²) >= 11 is 1.94. The molecule has 1 N–H and O–H groups in total. The van der Waals surface area contributed by atoms with Gasteiger partial charge in [0.05, 0.1) is 27.7 Å². The van der Waals surface area contributed by atoms with Gasteiger partial charge in [0.1, 0.15) is 6.54 Å². The maximum absolute atomic E-state index is 9.77. The lowest BCUT2D eigenvalue weighted by atomic mass is 10.5. The lowest BCUT2D eigenvalue weighted by Gasteiger charge is -2.21. The second-order valence-corrected chi connectivity index (χ2v) is 5.36. The minimum atomic E-state index is 0.158. The van der Waals surface area contributed by atoms with Gasteiger partial charge in [0.2, 0.25) is 0 Å². The Morgan fingerprint density at radius 3 is 1.83 bits per heavy atom. The zero-order valence-corrected chi connectivity index (χ0v) is 11.0. The Labute approximate surface area is 90.7 Å². The third kappa shape index (κ3) is 22.4. The molecule has 0 aliphatic carbocycles. The molecule has 0 fully saturated rings. The van der Waals surface area contributed by atoms with Crippen LogP contribution in [-0.2, 0) is 4.79 Å². The number of carbonyl (C=O) groups excluding carboxylic acids is 1. The lowest BCUT2D eigenvalue weighted by Crippen LogP contribution is -2.36. The van der Waals surface area contributed by atoms with Crippen molar-refractivity contribution in [1.29, 1.82) is 0 Å². The van der Waals surface area contributed by atoms with E-state index in [0.29, 0.717) is 0 Å². The Kier molecular flexibility index (Phi) is 10.5. The monoisotopic (exact) mass is 306 g/mol. The van der Waals surface area contributed by atoms with Crippen LogP contribution >= 0.6 is 30.1 Å². The predicted molar refractivity (Wildman–Crippen MR) is 62.3 cm³/mol. The molecule has 74 valence electrons. The molecule has 0 rings (SSSR count). The third-order valence-corrected chi connectivity index (χ3v) is 2.96. The van der Waals surface area contributed by atoms with E-state index >= 15 is 0 Å². The molecular weight excluding hydrogens is 289 g/mol. The van der Waals surface area contributed by atoms with Crippen molar-refractivity contribution in [2.45, 2.75) is 6.92 Å². The highest BCUT2D eigenvalue weighted by Gasteiger charge is 2.02. The van der Waals surface area contributed by atoms with Gasteiger partial charge in [-0.15, -0.1) is 0 Å². The molecule has 0 saturated heterocycles. The van der Waals surface area contributed by atoms with E-state index < -0.39 is 0 Å². The molecule has 0 aliphatic rings. The second-order valence-electron chi connectivity index (χ2n) is 3.31. The van der Waals surface area contributed by atoms with E-state index in [0.717, 1.165) is 11.0 Å². The Balaban J connectivity index is 0. The number of halogens is 1. The van der Waals surface area contributed by atoms with Crippen LogP contribution in [0.25, 0.3) is 0 Å². The van der Waals surface area contributed by atoms with E-state index in [2.05, 4.69) is 21.1 Å². The van der Waals surface area contributed by atoms with Gasteiger partial charge in [0.25, 0.3) is 0 Å². The van der Waals surface area contributed by atoms with Crippen LogP contribution in [-0.4, -0.2) is 49.0 Å². The van der Waals surface area contributed by atoms with Gasteiger partial charge in [0, 0.05) is 28.1 Å². The summed E-state index contributed by atoms with van der Waals surface area (Å²) in [5, 5.41) is 8.54. The Hall–Kier alpha value is 0.670. The highest BCUT2D eigenvalue weighted by Crippen LogP contribution is 2.09. The number of hydrogen-bond acceptors (Lipinski definition) is 3. The first-order chi connectivity index (χ1) is 5.33. The SMILES string of the molecule is CC(=O)SI.C[N+](C)(C)CCO. The van der Waals surface area contributed by atoms with Crippen molar-refractivity contribution < 1.29 is 14.4 Å². The number of hydrogen-bond donors (Lipinski definition) is 1. The van der Waals surface area contributed by atoms with Crippen LogP contribution in [0.1, 0.15) is 6.92 Å². The Bertz CT molecular complexity index is 125. The van der Waals surface area contributed by atoms with Gasteiger partial charge in [0.15, 0.2) is 5.12 Å². The summed E-state index contributed by atoms with van der Waals surface area (Å²) in [6.07, 6.45) is 0. The molecule has 0 aromatic heterocycles. The molecule has 0 spiro atoms.